The molecule has 116 valence electrons. The van der Waals surface area contributed by atoms with Gasteiger partial charge in [-0.15, -0.1) is 0 Å². The SMILES string of the molecule is COCCC1(CNCC(=O)NC2CCCCCC2)CC1. The van der Waals surface area contributed by atoms with E-state index in [4.69, 9.17) is 4.74 Å². The largest absolute Gasteiger partial charge is 0.385 e. The first kappa shape index (κ1) is 15.8. The normalized spacial score (nSPS) is 22.2. The van der Waals surface area contributed by atoms with Crippen LogP contribution < -0.4 is 10.6 Å². The van der Waals surface area contributed by atoms with Gasteiger partial charge in [0.05, 0.1) is 6.54 Å². The lowest BCUT2D eigenvalue weighted by atomic mass is 10.0. The maximum Gasteiger partial charge on any atom is 0.234 e. The highest BCUT2D eigenvalue weighted by Crippen LogP contribution is 2.48. The lowest BCUT2D eigenvalue weighted by Gasteiger charge is -2.18. The minimum atomic E-state index is 0.166. The Hall–Kier alpha value is -0.610. The fourth-order valence-electron chi connectivity index (χ4n) is 3.15. The van der Waals surface area contributed by atoms with Crippen LogP contribution in [0, 0.1) is 5.41 Å². The number of carbonyl (C=O) groups is 1. The Morgan fingerprint density at radius 3 is 2.50 bits per heavy atom. The van der Waals surface area contributed by atoms with E-state index in [0.29, 0.717) is 18.0 Å². The van der Waals surface area contributed by atoms with Crippen molar-refractivity contribution in [2.75, 3.05) is 26.8 Å². The molecule has 4 heteroatoms. The maximum atomic E-state index is 11.9. The van der Waals surface area contributed by atoms with Gasteiger partial charge in [-0.3, -0.25) is 4.79 Å². The summed E-state index contributed by atoms with van der Waals surface area (Å²) in [5.41, 5.74) is 0.415. The van der Waals surface area contributed by atoms with Crippen LogP contribution in [0.2, 0.25) is 0 Å². The zero-order chi connectivity index (χ0) is 14.3. The molecule has 2 aliphatic carbocycles. The second-order valence-corrected chi connectivity index (χ2v) is 6.60. The quantitative estimate of drug-likeness (QED) is 0.671. The van der Waals surface area contributed by atoms with E-state index in [2.05, 4.69) is 10.6 Å². The molecule has 2 N–H and O–H groups in total. The van der Waals surface area contributed by atoms with Gasteiger partial charge in [-0.05, 0) is 37.5 Å². The van der Waals surface area contributed by atoms with Crippen molar-refractivity contribution in [2.45, 2.75) is 63.8 Å². The van der Waals surface area contributed by atoms with Crippen LogP contribution in [0.3, 0.4) is 0 Å². The van der Waals surface area contributed by atoms with Crippen molar-refractivity contribution in [3.05, 3.63) is 0 Å². The van der Waals surface area contributed by atoms with Crippen LogP contribution >= 0.6 is 0 Å². The number of rotatable bonds is 8. The highest BCUT2D eigenvalue weighted by Gasteiger charge is 2.41. The van der Waals surface area contributed by atoms with E-state index in [1.54, 1.807) is 7.11 Å². The summed E-state index contributed by atoms with van der Waals surface area (Å²) < 4.78 is 5.15. The Labute approximate surface area is 123 Å². The summed E-state index contributed by atoms with van der Waals surface area (Å²) in [5, 5.41) is 6.52. The zero-order valence-corrected chi connectivity index (χ0v) is 12.9. The van der Waals surface area contributed by atoms with Crippen LogP contribution in [0.1, 0.15) is 57.8 Å². The van der Waals surface area contributed by atoms with Crippen molar-refractivity contribution in [3.8, 4) is 0 Å². The summed E-state index contributed by atoms with van der Waals surface area (Å²) in [5.74, 6) is 0.166. The molecule has 0 aromatic heterocycles. The molecule has 1 amide bonds. The van der Waals surface area contributed by atoms with Gasteiger partial charge in [0.15, 0.2) is 0 Å². The predicted molar refractivity (Wildman–Crippen MR) is 80.7 cm³/mol. The van der Waals surface area contributed by atoms with Crippen molar-refractivity contribution in [1.29, 1.82) is 0 Å². The molecule has 0 atom stereocenters. The van der Waals surface area contributed by atoms with Gasteiger partial charge in [0.2, 0.25) is 5.91 Å². The Kier molecular flexibility index (Phi) is 6.30. The van der Waals surface area contributed by atoms with Gasteiger partial charge in [-0.2, -0.15) is 0 Å². The Morgan fingerprint density at radius 1 is 1.20 bits per heavy atom. The molecule has 0 aromatic rings. The molecule has 0 aromatic carbocycles. The highest BCUT2D eigenvalue weighted by atomic mass is 16.5. The van der Waals surface area contributed by atoms with E-state index >= 15 is 0 Å². The first-order valence-corrected chi connectivity index (χ1v) is 8.23. The van der Waals surface area contributed by atoms with Crippen LogP contribution in [-0.2, 0) is 9.53 Å². The van der Waals surface area contributed by atoms with Gasteiger partial charge in [-0.1, -0.05) is 25.7 Å². The monoisotopic (exact) mass is 282 g/mol. The van der Waals surface area contributed by atoms with Gasteiger partial charge >= 0.3 is 0 Å². The van der Waals surface area contributed by atoms with E-state index in [1.165, 1.54) is 38.5 Å². The Morgan fingerprint density at radius 2 is 1.90 bits per heavy atom. The fourth-order valence-corrected chi connectivity index (χ4v) is 3.15. The molecule has 0 unspecified atom stereocenters. The molecule has 2 saturated carbocycles. The first-order chi connectivity index (χ1) is 9.74. The fraction of sp³-hybridized carbons (Fsp3) is 0.938. The van der Waals surface area contributed by atoms with Crippen molar-refractivity contribution in [3.63, 3.8) is 0 Å². The number of methoxy groups -OCH3 is 1. The smallest absolute Gasteiger partial charge is 0.234 e. The average Bonchev–Trinajstić information content (AvgIpc) is 3.22. The highest BCUT2D eigenvalue weighted by molar-refractivity contribution is 5.78. The summed E-state index contributed by atoms with van der Waals surface area (Å²) in [4.78, 5) is 11.9. The van der Waals surface area contributed by atoms with E-state index in [1.807, 2.05) is 0 Å². The molecule has 2 rings (SSSR count). The molecular weight excluding hydrogens is 252 g/mol. The predicted octanol–water partition coefficient (Wildman–Crippen LogP) is 2.23. The molecule has 0 spiro atoms. The van der Waals surface area contributed by atoms with Crippen LogP contribution in [0.25, 0.3) is 0 Å². The molecule has 0 bridgehead atoms. The van der Waals surface area contributed by atoms with E-state index in [-0.39, 0.29) is 5.91 Å². The van der Waals surface area contributed by atoms with Crippen LogP contribution in [0.5, 0.6) is 0 Å². The summed E-state index contributed by atoms with van der Waals surface area (Å²) in [6, 6.07) is 0.412. The van der Waals surface area contributed by atoms with Crippen LogP contribution in [0.4, 0.5) is 0 Å². The topological polar surface area (TPSA) is 50.4 Å². The van der Waals surface area contributed by atoms with E-state index < -0.39 is 0 Å². The lowest BCUT2D eigenvalue weighted by Crippen LogP contribution is -2.41. The van der Waals surface area contributed by atoms with Gasteiger partial charge in [0, 0.05) is 26.3 Å². The number of hydrogen-bond acceptors (Lipinski definition) is 3. The minimum absolute atomic E-state index is 0.166. The molecule has 20 heavy (non-hydrogen) atoms. The Balaban J connectivity index is 1.58. The summed E-state index contributed by atoms with van der Waals surface area (Å²) in [6.45, 7) is 2.25. The molecule has 4 nitrogen and oxygen atoms in total. The standard InChI is InChI=1S/C16H30N2O2/c1-20-11-10-16(8-9-16)13-17-12-15(19)18-14-6-4-2-3-5-7-14/h14,17H,2-13H2,1H3,(H,18,19). The van der Waals surface area contributed by atoms with Crippen molar-refractivity contribution in [2.24, 2.45) is 5.41 Å². The molecule has 0 saturated heterocycles. The molecule has 0 heterocycles. The molecular formula is C16H30N2O2. The first-order valence-electron chi connectivity index (χ1n) is 8.23. The van der Waals surface area contributed by atoms with Crippen molar-refractivity contribution in [1.82, 2.24) is 10.6 Å². The third kappa shape index (κ3) is 5.41. The summed E-state index contributed by atoms with van der Waals surface area (Å²) in [7, 11) is 1.75. The molecule has 0 radical (unpaired) electrons. The van der Waals surface area contributed by atoms with Crippen LogP contribution in [-0.4, -0.2) is 38.8 Å². The second-order valence-electron chi connectivity index (χ2n) is 6.60. The molecule has 2 aliphatic rings. The zero-order valence-electron chi connectivity index (χ0n) is 12.9. The summed E-state index contributed by atoms with van der Waals surface area (Å²) in [6.07, 6.45) is 11.1. The lowest BCUT2D eigenvalue weighted by molar-refractivity contribution is -0.121. The molecule has 2 fully saturated rings. The molecule has 0 aliphatic heterocycles. The van der Waals surface area contributed by atoms with Gasteiger partial charge < -0.3 is 15.4 Å². The van der Waals surface area contributed by atoms with Gasteiger partial charge in [0.25, 0.3) is 0 Å². The van der Waals surface area contributed by atoms with Crippen LogP contribution in [0.15, 0.2) is 0 Å². The third-order valence-corrected chi connectivity index (χ3v) is 4.80. The number of ether oxygens (including phenoxy) is 1. The number of nitrogens with one attached hydrogen (secondary N) is 2. The van der Waals surface area contributed by atoms with E-state index in [0.717, 1.165) is 32.4 Å². The second kappa shape index (κ2) is 7.99. The number of hydrogen-bond donors (Lipinski definition) is 2. The number of carbonyl (C=O) groups excluding carboxylic acids is 1. The van der Waals surface area contributed by atoms with E-state index in [9.17, 15) is 4.79 Å². The third-order valence-electron chi connectivity index (χ3n) is 4.80. The minimum Gasteiger partial charge on any atom is -0.385 e. The van der Waals surface area contributed by atoms with Gasteiger partial charge in [0.1, 0.15) is 0 Å². The Bertz CT molecular complexity index is 295. The number of amides is 1. The van der Waals surface area contributed by atoms with Crippen molar-refractivity contribution >= 4 is 5.91 Å². The maximum absolute atomic E-state index is 11.9. The average molecular weight is 282 g/mol. The van der Waals surface area contributed by atoms with Gasteiger partial charge in [-0.25, -0.2) is 0 Å². The van der Waals surface area contributed by atoms with Crippen molar-refractivity contribution < 1.29 is 9.53 Å². The summed E-state index contributed by atoms with van der Waals surface area (Å²) >= 11 is 0.